The van der Waals surface area contributed by atoms with Crippen LogP contribution in [0.5, 0.6) is 0 Å². The molecular weight excluding hydrogens is 152 g/mol. The minimum absolute atomic E-state index is 0.193. The van der Waals surface area contributed by atoms with E-state index in [4.69, 9.17) is 0 Å². The maximum absolute atomic E-state index is 11.1. The normalized spacial score (nSPS) is 15.0. The van der Waals surface area contributed by atoms with E-state index < -0.39 is 0 Å². The number of amides is 1. The molecule has 3 nitrogen and oxygen atoms in total. The Morgan fingerprint density at radius 2 is 2.00 bits per heavy atom. The molecule has 1 amide bonds. The summed E-state index contributed by atoms with van der Waals surface area (Å²) < 4.78 is 0. The zero-order valence-corrected chi connectivity index (χ0v) is 6.24. The molecule has 3 heteroatoms. The smallest absolute Gasteiger partial charge is 0.248 e. The number of carbonyl (C=O) groups is 1. The quantitative estimate of drug-likeness (QED) is 0.523. The Bertz CT molecular complexity index is 365. The molecule has 12 heavy (non-hydrogen) atoms. The maximum atomic E-state index is 11.1. The van der Waals surface area contributed by atoms with Gasteiger partial charge < -0.3 is 9.79 Å². The van der Waals surface area contributed by atoms with Crippen molar-refractivity contribution < 1.29 is 9.79 Å². The van der Waals surface area contributed by atoms with Gasteiger partial charge in [-0.15, -0.1) is 0 Å². The average molecular weight is 158 g/mol. The van der Waals surface area contributed by atoms with E-state index in [2.05, 4.69) is 16.3 Å². The third kappa shape index (κ3) is 1.05. The van der Waals surface area contributed by atoms with Crippen molar-refractivity contribution in [2.45, 2.75) is 0 Å². The molecule has 1 N–H and O–H groups in total. The van der Waals surface area contributed by atoms with Gasteiger partial charge in [0.05, 0.1) is 0 Å². The van der Waals surface area contributed by atoms with Crippen LogP contribution in [-0.4, -0.2) is 18.0 Å². The van der Waals surface area contributed by atoms with Crippen LogP contribution >= 0.6 is 0 Å². The Morgan fingerprint density at radius 3 is 2.58 bits per heavy atom. The monoisotopic (exact) mass is 158 g/mol. The molecule has 0 spiro atoms. The van der Waals surface area contributed by atoms with Crippen molar-refractivity contribution in [2.24, 2.45) is 4.99 Å². The lowest BCUT2D eigenvalue weighted by Gasteiger charge is -1.98. The molecule has 0 saturated carbocycles. The van der Waals surface area contributed by atoms with Crippen molar-refractivity contribution in [3.05, 3.63) is 35.9 Å². The summed E-state index contributed by atoms with van der Waals surface area (Å²) in [4.78, 5) is 17.2. The van der Waals surface area contributed by atoms with Crippen molar-refractivity contribution in [3.8, 4) is 0 Å². The molecule has 0 aromatic heterocycles. The first-order chi connectivity index (χ1) is 5.88. The molecule has 1 aliphatic heterocycles. The van der Waals surface area contributed by atoms with E-state index in [0.29, 0.717) is 5.71 Å². The lowest BCUT2D eigenvalue weighted by atomic mass is 10.1. The van der Waals surface area contributed by atoms with Crippen molar-refractivity contribution in [1.29, 1.82) is 0 Å². The molecule has 0 aliphatic carbocycles. The number of benzene rings is 1. The SMILES string of the molecule is O=C1[NH+]=[C-]N=C1c1ccccc1. The lowest BCUT2D eigenvalue weighted by molar-refractivity contribution is -0.360. The van der Waals surface area contributed by atoms with Crippen LogP contribution in [0.4, 0.5) is 0 Å². The molecule has 1 aliphatic rings. The first-order valence-corrected chi connectivity index (χ1v) is 3.56. The zero-order valence-electron chi connectivity index (χ0n) is 6.24. The second-order valence-corrected chi connectivity index (χ2v) is 2.39. The summed E-state index contributed by atoms with van der Waals surface area (Å²) in [6.07, 6.45) is 2.41. The molecule has 0 fully saturated rings. The fourth-order valence-corrected chi connectivity index (χ4v) is 1.04. The molecule has 0 atom stereocenters. The molecule has 2 rings (SSSR count). The van der Waals surface area contributed by atoms with E-state index in [1.807, 2.05) is 30.3 Å². The van der Waals surface area contributed by atoms with E-state index in [1.165, 1.54) is 0 Å². The van der Waals surface area contributed by atoms with E-state index in [-0.39, 0.29) is 5.91 Å². The Kier molecular flexibility index (Phi) is 1.55. The van der Waals surface area contributed by atoms with Gasteiger partial charge in [0.25, 0.3) is 0 Å². The van der Waals surface area contributed by atoms with Crippen molar-refractivity contribution >= 4 is 18.0 Å². The molecule has 0 unspecified atom stereocenters. The van der Waals surface area contributed by atoms with E-state index in [1.54, 1.807) is 0 Å². The average Bonchev–Trinajstić information content (AvgIpc) is 2.53. The maximum Gasteiger partial charge on any atom is 0.248 e. The van der Waals surface area contributed by atoms with Gasteiger partial charge in [0, 0.05) is 0 Å². The summed E-state index contributed by atoms with van der Waals surface area (Å²) >= 11 is 0. The summed E-state index contributed by atoms with van der Waals surface area (Å²) in [6, 6.07) is 9.30. The Balaban J connectivity index is 2.40. The fourth-order valence-electron chi connectivity index (χ4n) is 1.04. The number of hydrogen-bond acceptors (Lipinski definition) is 2. The van der Waals surface area contributed by atoms with Crippen LogP contribution in [0.1, 0.15) is 5.56 Å². The van der Waals surface area contributed by atoms with Gasteiger partial charge in [-0.25, -0.2) is 0 Å². The lowest BCUT2D eigenvalue weighted by Crippen LogP contribution is -2.73. The van der Waals surface area contributed by atoms with Gasteiger partial charge in [0.15, 0.2) is 0 Å². The van der Waals surface area contributed by atoms with Gasteiger partial charge in [-0.3, -0.25) is 0 Å². The summed E-state index contributed by atoms with van der Waals surface area (Å²) in [6.45, 7) is 0. The van der Waals surface area contributed by atoms with E-state index >= 15 is 0 Å². The molecule has 0 radical (unpaired) electrons. The number of aliphatic imine (C=N–C) groups is 1. The van der Waals surface area contributed by atoms with Crippen LogP contribution in [-0.2, 0) is 4.79 Å². The van der Waals surface area contributed by atoms with Crippen LogP contribution in [0.2, 0.25) is 0 Å². The van der Waals surface area contributed by atoms with Crippen LogP contribution in [0.15, 0.2) is 35.3 Å². The van der Waals surface area contributed by atoms with E-state index in [0.717, 1.165) is 5.56 Å². The second kappa shape index (κ2) is 2.70. The highest BCUT2D eigenvalue weighted by atomic mass is 16.1. The van der Waals surface area contributed by atoms with Crippen LogP contribution < -0.4 is 4.99 Å². The highest BCUT2D eigenvalue weighted by Crippen LogP contribution is 2.00. The van der Waals surface area contributed by atoms with Gasteiger partial charge in [-0.05, 0) is 5.56 Å². The highest BCUT2D eigenvalue weighted by Gasteiger charge is 2.11. The highest BCUT2D eigenvalue weighted by molar-refractivity contribution is 6.44. The standard InChI is InChI=1S/C9H6N2O/c12-9-8(10-6-11-9)7-4-2-1-3-5-7/h1-5,11H. The van der Waals surface area contributed by atoms with Crippen molar-refractivity contribution in [2.75, 3.05) is 0 Å². The van der Waals surface area contributed by atoms with Crippen molar-refractivity contribution in [3.63, 3.8) is 0 Å². The van der Waals surface area contributed by atoms with Gasteiger partial charge in [0.1, 0.15) is 5.71 Å². The van der Waals surface area contributed by atoms with Crippen molar-refractivity contribution in [1.82, 2.24) is 0 Å². The fraction of sp³-hybridized carbons (Fsp3) is 0. The minimum atomic E-state index is -0.193. The topological polar surface area (TPSA) is 43.4 Å². The number of nitrogens with one attached hydrogen (secondary N) is 1. The number of hydrogen-bond donors (Lipinski definition) is 1. The van der Waals surface area contributed by atoms with Crippen LogP contribution in [0, 0.1) is 0 Å². The largest absolute Gasteiger partial charge is 0.329 e. The van der Waals surface area contributed by atoms with Crippen LogP contribution in [0.3, 0.4) is 0 Å². The third-order valence-electron chi connectivity index (χ3n) is 1.60. The number of nitrogens with zero attached hydrogens (tertiary/aromatic N) is 1. The first-order valence-electron chi connectivity index (χ1n) is 3.56. The molecule has 1 aromatic rings. The first kappa shape index (κ1) is 6.91. The minimum Gasteiger partial charge on any atom is -0.329 e. The molecule has 0 saturated heterocycles. The predicted molar refractivity (Wildman–Crippen MR) is 44.0 cm³/mol. The number of rotatable bonds is 1. The Hall–Kier alpha value is -1.77. The van der Waals surface area contributed by atoms with Gasteiger partial charge >= 0.3 is 0 Å². The molecule has 1 heterocycles. The van der Waals surface area contributed by atoms with Crippen LogP contribution in [0.25, 0.3) is 0 Å². The van der Waals surface area contributed by atoms with Gasteiger partial charge in [-0.2, -0.15) is 4.99 Å². The van der Waals surface area contributed by atoms with E-state index in [9.17, 15) is 4.79 Å². The summed E-state index contributed by atoms with van der Waals surface area (Å²) in [5, 5.41) is 0. The molecular formula is C9H6N2O. The third-order valence-corrected chi connectivity index (χ3v) is 1.60. The molecule has 0 bridgehead atoms. The Morgan fingerprint density at radius 1 is 1.25 bits per heavy atom. The van der Waals surface area contributed by atoms with Gasteiger partial charge in [-0.1, -0.05) is 30.3 Å². The zero-order chi connectivity index (χ0) is 8.39. The Labute approximate surface area is 69.5 Å². The summed E-state index contributed by atoms with van der Waals surface area (Å²) in [7, 11) is 0. The summed E-state index contributed by atoms with van der Waals surface area (Å²) in [5.74, 6) is -0.193. The molecule has 58 valence electrons. The number of carbonyl (C=O) groups excluding carboxylic acids is 1. The predicted octanol–water partition coefficient (Wildman–Crippen LogP) is -0.998. The summed E-state index contributed by atoms with van der Waals surface area (Å²) in [5.41, 5.74) is 1.25. The second-order valence-electron chi connectivity index (χ2n) is 2.39. The molecule has 1 aromatic carbocycles. The van der Waals surface area contributed by atoms with Gasteiger partial charge in [0.2, 0.25) is 12.2 Å².